The smallest absolute Gasteiger partial charge is 0.329 e. The maximum absolute atomic E-state index is 11.9. The topological polar surface area (TPSA) is 92.4 Å². The lowest BCUT2D eigenvalue weighted by molar-refractivity contribution is -0.143. The van der Waals surface area contributed by atoms with Crippen LogP contribution in [-0.2, 0) is 16.0 Å². The van der Waals surface area contributed by atoms with Crippen LogP contribution in [0.2, 0.25) is 0 Å². The molecule has 19 heavy (non-hydrogen) atoms. The van der Waals surface area contributed by atoms with E-state index in [1.54, 1.807) is 6.07 Å². The second-order valence-corrected chi connectivity index (χ2v) is 4.74. The fourth-order valence-electron chi connectivity index (χ4n) is 2.05. The molecule has 6 heteroatoms. The van der Waals surface area contributed by atoms with Gasteiger partial charge in [0, 0.05) is 5.39 Å². The summed E-state index contributed by atoms with van der Waals surface area (Å²) in [6.07, 6.45) is 0.979. The molecule has 3 rings (SSSR count). The Morgan fingerprint density at radius 3 is 2.79 bits per heavy atom. The van der Waals surface area contributed by atoms with E-state index in [0.29, 0.717) is 24.1 Å². The lowest BCUT2D eigenvalue weighted by atomic mass is 10.1. The van der Waals surface area contributed by atoms with Crippen molar-refractivity contribution in [2.75, 3.05) is 0 Å². The fraction of sp³-hybridized carbons (Fsp3) is 0.308. The number of carboxylic acids is 1. The molecule has 0 radical (unpaired) electrons. The predicted octanol–water partition coefficient (Wildman–Crippen LogP) is 1.10. The van der Waals surface area contributed by atoms with E-state index in [1.165, 1.54) is 0 Å². The lowest BCUT2D eigenvalue weighted by Gasteiger charge is -2.11. The zero-order valence-electron chi connectivity index (χ0n) is 10.0. The summed E-state index contributed by atoms with van der Waals surface area (Å²) in [7, 11) is 0. The van der Waals surface area contributed by atoms with Gasteiger partial charge in [-0.3, -0.25) is 4.79 Å². The van der Waals surface area contributed by atoms with E-state index in [4.69, 9.17) is 9.63 Å². The fourth-order valence-corrected chi connectivity index (χ4v) is 2.05. The van der Waals surface area contributed by atoms with Gasteiger partial charge in [0.15, 0.2) is 5.58 Å². The predicted molar refractivity (Wildman–Crippen MR) is 65.5 cm³/mol. The zero-order chi connectivity index (χ0) is 13.5. The number of fused-ring (bicyclic) bond motifs is 1. The second kappa shape index (κ2) is 4.08. The molecule has 1 fully saturated rings. The molecular weight excluding hydrogens is 248 g/mol. The van der Waals surface area contributed by atoms with Gasteiger partial charge >= 0.3 is 5.97 Å². The Balaban J connectivity index is 1.75. The number of carboxylic acid groups (broad SMARTS) is 1. The van der Waals surface area contributed by atoms with Crippen molar-refractivity contribution in [2.24, 2.45) is 0 Å². The average molecular weight is 260 g/mol. The monoisotopic (exact) mass is 260 g/mol. The molecule has 1 saturated carbocycles. The molecule has 0 atom stereocenters. The first-order valence-corrected chi connectivity index (χ1v) is 5.98. The number of rotatable bonds is 4. The summed E-state index contributed by atoms with van der Waals surface area (Å²) in [6.45, 7) is 0. The van der Waals surface area contributed by atoms with E-state index < -0.39 is 11.5 Å². The molecule has 98 valence electrons. The molecule has 1 amide bonds. The van der Waals surface area contributed by atoms with Crippen LogP contribution in [0.5, 0.6) is 0 Å². The molecule has 0 aliphatic heterocycles. The summed E-state index contributed by atoms with van der Waals surface area (Å²) < 4.78 is 5.10. The minimum atomic E-state index is -1.06. The number of hydrogen-bond donors (Lipinski definition) is 2. The van der Waals surface area contributed by atoms with E-state index in [0.717, 1.165) is 5.39 Å². The van der Waals surface area contributed by atoms with Gasteiger partial charge < -0.3 is 14.9 Å². The molecule has 1 aromatic carbocycles. The normalized spacial score (nSPS) is 16.2. The van der Waals surface area contributed by atoms with E-state index in [9.17, 15) is 9.59 Å². The SMILES string of the molecule is O=C(Cc1noc2ccccc12)NC1(C(=O)O)CC1. The lowest BCUT2D eigenvalue weighted by Crippen LogP contribution is -2.43. The van der Waals surface area contributed by atoms with Gasteiger partial charge in [0.1, 0.15) is 11.2 Å². The Morgan fingerprint density at radius 2 is 2.11 bits per heavy atom. The maximum atomic E-state index is 11.9. The third-order valence-corrected chi connectivity index (χ3v) is 3.32. The number of carbonyl (C=O) groups is 2. The minimum Gasteiger partial charge on any atom is -0.480 e. The molecule has 1 aliphatic carbocycles. The highest BCUT2D eigenvalue weighted by Gasteiger charge is 2.51. The molecule has 0 spiro atoms. The van der Waals surface area contributed by atoms with Crippen LogP contribution in [0, 0.1) is 0 Å². The first kappa shape index (κ1) is 11.7. The number of benzene rings is 1. The Kier molecular flexibility index (Phi) is 2.51. The molecule has 2 aromatic rings. The quantitative estimate of drug-likeness (QED) is 0.858. The van der Waals surface area contributed by atoms with Gasteiger partial charge in [-0.1, -0.05) is 17.3 Å². The summed E-state index contributed by atoms with van der Waals surface area (Å²) in [5, 5.41) is 16.2. The third-order valence-electron chi connectivity index (χ3n) is 3.32. The van der Waals surface area contributed by atoms with E-state index in [1.807, 2.05) is 18.2 Å². The summed E-state index contributed by atoms with van der Waals surface area (Å²) in [5.41, 5.74) is 0.0790. The average Bonchev–Trinajstić information content (AvgIpc) is 3.06. The highest BCUT2D eigenvalue weighted by atomic mass is 16.5. The minimum absolute atomic E-state index is 0.0199. The highest BCUT2D eigenvalue weighted by molar-refractivity contribution is 5.92. The molecule has 1 heterocycles. The van der Waals surface area contributed by atoms with Crippen LogP contribution in [-0.4, -0.2) is 27.7 Å². The number of aliphatic carboxylic acids is 1. The molecule has 6 nitrogen and oxygen atoms in total. The van der Waals surface area contributed by atoms with Gasteiger partial charge in [0.05, 0.1) is 6.42 Å². The van der Waals surface area contributed by atoms with Crippen molar-refractivity contribution in [3.63, 3.8) is 0 Å². The van der Waals surface area contributed by atoms with Gasteiger partial charge in [0.25, 0.3) is 0 Å². The Morgan fingerprint density at radius 1 is 1.37 bits per heavy atom. The van der Waals surface area contributed by atoms with Crippen LogP contribution < -0.4 is 5.32 Å². The molecular formula is C13H12N2O4. The third kappa shape index (κ3) is 2.05. The maximum Gasteiger partial charge on any atom is 0.329 e. The van der Waals surface area contributed by atoms with Crippen molar-refractivity contribution < 1.29 is 19.2 Å². The van der Waals surface area contributed by atoms with E-state index in [2.05, 4.69) is 10.5 Å². The van der Waals surface area contributed by atoms with Crippen LogP contribution in [0.1, 0.15) is 18.5 Å². The summed E-state index contributed by atoms with van der Waals surface area (Å²) in [4.78, 5) is 22.8. The number of nitrogens with zero attached hydrogens (tertiary/aromatic N) is 1. The number of para-hydroxylation sites is 1. The van der Waals surface area contributed by atoms with Crippen molar-refractivity contribution in [1.29, 1.82) is 0 Å². The van der Waals surface area contributed by atoms with Crippen LogP contribution in [0.25, 0.3) is 11.0 Å². The van der Waals surface area contributed by atoms with Crippen LogP contribution in [0.15, 0.2) is 28.8 Å². The van der Waals surface area contributed by atoms with Crippen molar-refractivity contribution in [1.82, 2.24) is 10.5 Å². The highest BCUT2D eigenvalue weighted by Crippen LogP contribution is 2.35. The molecule has 1 aromatic heterocycles. The van der Waals surface area contributed by atoms with Crippen LogP contribution in [0.4, 0.5) is 0 Å². The van der Waals surface area contributed by atoms with E-state index >= 15 is 0 Å². The van der Waals surface area contributed by atoms with Crippen molar-refractivity contribution in [3.8, 4) is 0 Å². The van der Waals surface area contributed by atoms with Crippen LogP contribution in [0.3, 0.4) is 0 Å². The first-order valence-electron chi connectivity index (χ1n) is 5.98. The molecule has 0 bridgehead atoms. The molecule has 1 aliphatic rings. The summed E-state index contributed by atoms with van der Waals surface area (Å²) in [5.74, 6) is -1.33. The molecule has 0 unspecified atom stereocenters. The van der Waals surface area contributed by atoms with Crippen LogP contribution >= 0.6 is 0 Å². The number of hydrogen-bond acceptors (Lipinski definition) is 4. The molecule has 2 N–H and O–H groups in total. The van der Waals surface area contributed by atoms with Gasteiger partial charge in [-0.25, -0.2) is 4.79 Å². The standard InChI is InChI=1S/C13H12N2O4/c16-11(14-13(5-6-13)12(17)18)7-9-8-3-1-2-4-10(8)19-15-9/h1-4H,5-7H2,(H,14,16)(H,17,18). The van der Waals surface area contributed by atoms with E-state index in [-0.39, 0.29) is 12.3 Å². The summed E-state index contributed by atoms with van der Waals surface area (Å²) >= 11 is 0. The second-order valence-electron chi connectivity index (χ2n) is 4.74. The first-order chi connectivity index (χ1) is 9.11. The van der Waals surface area contributed by atoms with Gasteiger partial charge in [-0.2, -0.15) is 0 Å². The van der Waals surface area contributed by atoms with Crippen molar-refractivity contribution in [3.05, 3.63) is 30.0 Å². The van der Waals surface area contributed by atoms with Crippen molar-refractivity contribution >= 4 is 22.8 Å². The van der Waals surface area contributed by atoms with Crippen molar-refractivity contribution in [2.45, 2.75) is 24.8 Å². The number of amides is 1. The zero-order valence-corrected chi connectivity index (χ0v) is 10.0. The number of aromatic nitrogens is 1. The Labute approximate surface area is 108 Å². The largest absolute Gasteiger partial charge is 0.480 e. The Hall–Kier alpha value is -2.37. The molecule has 0 saturated heterocycles. The number of nitrogens with one attached hydrogen (secondary N) is 1. The number of carbonyl (C=O) groups excluding carboxylic acids is 1. The van der Waals surface area contributed by atoms with Gasteiger partial charge in [0.2, 0.25) is 5.91 Å². The van der Waals surface area contributed by atoms with Gasteiger partial charge in [-0.05, 0) is 25.0 Å². The summed E-state index contributed by atoms with van der Waals surface area (Å²) in [6, 6.07) is 7.24. The van der Waals surface area contributed by atoms with Gasteiger partial charge in [-0.15, -0.1) is 0 Å². The Bertz CT molecular complexity index is 657.